The van der Waals surface area contributed by atoms with Crippen LogP contribution in [0.4, 0.5) is 5.69 Å². The molecule has 1 atom stereocenters. The Balaban J connectivity index is 1.25. The SMILES string of the molecule is CN=C(N)Nc1cccc(CCCCCCC[C@@H]2CC(=O)CCc3ccc(OC)c(c3)OCc3cc4ccc(O)c(c4cc3CO)CC#CO2)c1. The number of nitrogens with two attached hydrogens (primary N) is 1. The molecule has 2 aliphatic rings. The molecule has 0 saturated heterocycles. The van der Waals surface area contributed by atoms with Crippen LogP contribution in [0.15, 0.2) is 71.7 Å². The zero-order valence-electron chi connectivity index (χ0n) is 29.7. The molecular weight excluding hydrogens is 642 g/mol. The minimum absolute atomic E-state index is 0.120. The Morgan fingerprint density at radius 1 is 1.04 bits per heavy atom. The molecule has 5 N–H and O–H groups in total. The van der Waals surface area contributed by atoms with Gasteiger partial charge in [0.25, 0.3) is 0 Å². The predicted molar refractivity (Wildman–Crippen MR) is 202 cm³/mol. The molecule has 9 nitrogen and oxygen atoms in total. The number of nitrogens with one attached hydrogen (secondary N) is 1. The maximum Gasteiger partial charge on any atom is 0.192 e. The zero-order valence-corrected chi connectivity index (χ0v) is 29.7. The van der Waals surface area contributed by atoms with E-state index in [4.69, 9.17) is 19.9 Å². The Labute approximate surface area is 300 Å². The molecule has 268 valence electrons. The number of phenols is 1. The van der Waals surface area contributed by atoms with Crippen LogP contribution >= 0.6 is 0 Å². The molecule has 0 fully saturated rings. The maximum absolute atomic E-state index is 13.2. The molecule has 0 radical (unpaired) electrons. The Bertz CT molecular complexity index is 1890. The van der Waals surface area contributed by atoms with Gasteiger partial charge in [0.1, 0.15) is 30.4 Å². The van der Waals surface area contributed by atoms with Gasteiger partial charge >= 0.3 is 0 Å². The van der Waals surface area contributed by atoms with Gasteiger partial charge in [-0.2, -0.15) is 0 Å². The first-order chi connectivity index (χ1) is 24.9. The van der Waals surface area contributed by atoms with Crippen LogP contribution < -0.4 is 20.5 Å². The van der Waals surface area contributed by atoms with Gasteiger partial charge in [-0.3, -0.25) is 9.79 Å². The number of carbonyl (C=O) groups is 1. The number of unbranched alkanes of at least 4 members (excludes halogenated alkanes) is 4. The molecule has 2 aliphatic heterocycles. The lowest BCUT2D eigenvalue weighted by atomic mass is 9.96. The van der Waals surface area contributed by atoms with Gasteiger partial charge in [-0.1, -0.05) is 49.4 Å². The van der Waals surface area contributed by atoms with Crippen molar-refractivity contribution in [2.45, 2.75) is 89.9 Å². The fourth-order valence-electron chi connectivity index (χ4n) is 6.46. The summed E-state index contributed by atoms with van der Waals surface area (Å²) in [4.78, 5) is 17.2. The van der Waals surface area contributed by atoms with Crippen LogP contribution in [0.1, 0.15) is 79.2 Å². The van der Waals surface area contributed by atoms with Gasteiger partial charge in [0.15, 0.2) is 17.5 Å². The molecule has 0 saturated carbocycles. The van der Waals surface area contributed by atoms with E-state index in [-0.39, 0.29) is 43.7 Å². The van der Waals surface area contributed by atoms with E-state index in [1.54, 1.807) is 20.2 Å². The molecule has 4 aromatic rings. The predicted octanol–water partition coefficient (Wildman–Crippen LogP) is 7.36. The van der Waals surface area contributed by atoms with Crippen molar-refractivity contribution in [2.75, 3.05) is 19.5 Å². The van der Waals surface area contributed by atoms with Gasteiger partial charge in [0.2, 0.25) is 0 Å². The molecule has 2 heterocycles. The van der Waals surface area contributed by atoms with Crippen LogP contribution in [0.5, 0.6) is 17.2 Å². The van der Waals surface area contributed by atoms with Crippen molar-refractivity contribution in [3.8, 4) is 29.3 Å². The molecular formula is C42H49N3O6. The number of hydrogen-bond donors (Lipinski definition) is 4. The summed E-state index contributed by atoms with van der Waals surface area (Å²) in [6.07, 6.45) is 11.0. The number of fused-ring (bicyclic) bond motifs is 9. The molecule has 4 aromatic carbocycles. The van der Waals surface area contributed by atoms with Gasteiger partial charge in [-0.15, -0.1) is 0 Å². The second-order valence-electron chi connectivity index (χ2n) is 13.0. The summed E-state index contributed by atoms with van der Waals surface area (Å²) in [7, 11) is 3.25. The number of aliphatic imine (C=N–C) groups is 1. The van der Waals surface area contributed by atoms with Gasteiger partial charge < -0.3 is 35.5 Å². The summed E-state index contributed by atoms with van der Waals surface area (Å²) in [5.41, 5.74) is 11.2. The first-order valence-electron chi connectivity index (χ1n) is 17.8. The van der Waals surface area contributed by atoms with Crippen molar-refractivity contribution >= 4 is 28.2 Å². The number of phenolic OH excluding ortho intramolecular Hbond substituents is 1. The Hall–Kier alpha value is -5.20. The standard InChI is InChI=1S/C42H49N3O6/c1-44-42(43)45-34-12-8-11-29(22-34)10-6-4-3-5-7-13-36-26-35(47)18-15-30-16-20-40(49-2)41(23-30)51-28-33-24-31-17-19-39(48)37(14-9-21-50-36)38(31)25-32(33)27-46/h8,11-12,16-17,19-20,22-25,36,46,48H,3-7,10,13-15,18,26-28H2,1-2H3,(H3,43,44,45)/t36-/m1/s1. The highest BCUT2D eigenvalue weighted by molar-refractivity contribution is 5.92. The quantitative estimate of drug-likeness (QED) is 0.0555. The molecule has 0 aliphatic carbocycles. The van der Waals surface area contributed by atoms with Crippen molar-refractivity contribution in [2.24, 2.45) is 10.7 Å². The number of benzene rings is 4. The highest BCUT2D eigenvalue weighted by atomic mass is 16.5. The minimum atomic E-state index is -0.319. The number of aliphatic hydroxyl groups excluding tert-OH is 1. The number of rotatable bonds is 11. The van der Waals surface area contributed by atoms with E-state index in [1.807, 2.05) is 48.5 Å². The second-order valence-corrected chi connectivity index (χ2v) is 13.0. The molecule has 9 heteroatoms. The fourth-order valence-corrected chi connectivity index (χ4v) is 6.46. The summed E-state index contributed by atoms with van der Waals surface area (Å²) < 4.78 is 17.8. The smallest absolute Gasteiger partial charge is 0.192 e. The summed E-state index contributed by atoms with van der Waals surface area (Å²) in [6, 6.07) is 21.4. The molecule has 51 heavy (non-hydrogen) atoms. The lowest BCUT2D eigenvalue weighted by Crippen LogP contribution is -2.21. The highest BCUT2D eigenvalue weighted by Crippen LogP contribution is 2.33. The van der Waals surface area contributed by atoms with Gasteiger partial charge in [0, 0.05) is 37.6 Å². The maximum atomic E-state index is 13.2. The normalized spacial score (nSPS) is 15.2. The zero-order chi connectivity index (χ0) is 36.0. The van der Waals surface area contributed by atoms with Crippen LogP contribution in [0.3, 0.4) is 0 Å². The topological polar surface area (TPSA) is 136 Å². The van der Waals surface area contributed by atoms with Crippen molar-refractivity contribution in [1.82, 2.24) is 0 Å². The lowest BCUT2D eigenvalue weighted by molar-refractivity contribution is -0.121. The van der Waals surface area contributed by atoms with E-state index in [0.717, 1.165) is 72.5 Å². The minimum Gasteiger partial charge on any atom is -0.508 e. The molecule has 0 unspecified atom stereocenters. The third-order valence-electron chi connectivity index (χ3n) is 9.35. The number of nitrogens with zero attached hydrogens (tertiary/aromatic N) is 1. The number of Topliss-reactive ketones (excluding diaryl/α,β-unsaturated/α-hetero) is 1. The number of hydrogen-bond acceptors (Lipinski definition) is 7. The number of methoxy groups -OCH3 is 1. The third-order valence-corrected chi connectivity index (χ3v) is 9.35. The lowest BCUT2D eigenvalue weighted by Gasteiger charge is -2.16. The molecule has 0 amide bonds. The number of ether oxygens (including phenoxy) is 3. The second kappa shape index (κ2) is 18.7. The van der Waals surface area contributed by atoms with Gasteiger partial charge in [-0.05, 0) is 108 Å². The van der Waals surface area contributed by atoms with Crippen molar-refractivity contribution < 1.29 is 29.2 Å². The van der Waals surface area contributed by atoms with Crippen molar-refractivity contribution in [1.29, 1.82) is 0 Å². The van der Waals surface area contributed by atoms with E-state index in [2.05, 4.69) is 34.5 Å². The van der Waals surface area contributed by atoms with E-state index in [0.29, 0.717) is 41.4 Å². The Morgan fingerprint density at radius 2 is 1.88 bits per heavy atom. The summed E-state index contributed by atoms with van der Waals surface area (Å²) in [5.74, 6) is 4.88. The summed E-state index contributed by atoms with van der Waals surface area (Å²) in [5, 5.41) is 25.8. The largest absolute Gasteiger partial charge is 0.508 e. The number of aliphatic hydroxyl groups is 1. The number of ketones is 1. The van der Waals surface area contributed by atoms with Crippen molar-refractivity contribution in [3.63, 3.8) is 0 Å². The van der Waals surface area contributed by atoms with Crippen molar-refractivity contribution in [3.05, 3.63) is 94.5 Å². The monoisotopic (exact) mass is 691 g/mol. The average Bonchev–Trinajstić information content (AvgIpc) is 3.14. The van der Waals surface area contributed by atoms with E-state index in [9.17, 15) is 15.0 Å². The van der Waals surface area contributed by atoms with Crippen LogP contribution in [0.25, 0.3) is 10.8 Å². The average molecular weight is 692 g/mol. The summed E-state index contributed by atoms with van der Waals surface area (Å²) >= 11 is 0. The van der Waals surface area contributed by atoms with Gasteiger partial charge in [-0.25, -0.2) is 0 Å². The molecule has 6 bridgehead atoms. The van der Waals surface area contributed by atoms with Crippen LogP contribution in [0, 0.1) is 12.0 Å². The van der Waals surface area contributed by atoms with E-state index >= 15 is 0 Å². The van der Waals surface area contributed by atoms with Gasteiger partial charge in [0.05, 0.1) is 13.7 Å². The Kier molecular flexibility index (Phi) is 13.6. The van der Waals surface area contributed by atoms with Crippen LogP contribution in [-0.4, -0.2) is 42.2 Å². The number of anilines is 1. The number of aryl methyl sites for hydroxylation is 2. The number of guanidine groups is 1. The van der Waals surface area contributed by atoms with E-state index in [1.165, 1.54) is 5.56 Å². The highest BCUT2D eigenvalue weighted by Gasteiger charge is 2.17. The molecule has 6 rings (SSSR count). The number of carbonyl (C=O) groups excluding carboxylic acids is 1. The van der Waals surface area contributed by atoms with Crippen LogP contribution in [-0.2, 0) is 42.0 Å². The molecule has 0 aromatic heterocycles. The summed E-state index contributed by atoms with van der Waals surface area (Å²) in [6.45, 7) is 0.0308. The number of aromatic hydroxyl groups is 1. The van der Waals surface area contributed by atoms with E-state index < -0.39 is 0 Å². The fraction of sp³-hybridized carbons (Fsp3) is 0.381. The third kappa shape index (κ3) is 10.6. The van der Waals surface area contributed by atoms with Crippen LogP contribution in [0.2, 0.25) is 0 Å². The first-order valence-corrected chi connectivity index (χ1v) is 17.8. The Morgan fingerprint density at radius 3 is 2.71 bits per heavy atom. The molecule has 0 spiro atoms. The first kappa shape index (κ1) is 37.1.